The molecule has 1 aromatic carbocycles. The normalized spacial score (nSPS) is 14.4. The second-order valence-corrected chi connectivity index (χ2v) is 4.23. The van der Waals surface area contributed by atoms with Gasteiger partial charge in [0.15, 0.2) is 17.5 Å². The number of amides is 1. The Morgan fingerprint density at radius 3 is 2.33 bits per heavy atom. The number of halogens is 3. The van der Waals surface area contributed by atoms with Crippen molar-refractivity contribution in [3.8, 4) is 0 Å². The van der Waals surface area contributed by atoms with E-state index < -0.39 is 23.4 Å². The Kier molecular flexibility index (Phi) is 3.41. The van der Waals surface area contributed by atoms with Crippen LogP contribution in [0.5, 0.6) is 0 Å². The molecular weight excluding hydrogens is 243 g/mol. The molecule has 1 saturated carbocycles. The quantitative estimate of drug-likeness (QED) is 0.598. The summed E-state index contributed by atoms with van der Waals surface area (Å²) in [6.07, 6.45) is 3.28. The van der Waals surface area contributed by atoms with Crippen LogP contribution >= 0.6 is 0 Å². The van der Waals surface area contributed by atoms with Crippen LogP contribution in [0.4, 0.5) is 13.2 Å². The van der Waals surface area contributed by atoms with Gasteiger partial charge < -0.3 is 4.90 Å². The molecule has 1 aromatic rings. The zero-order chi connectivity index (χ0) is 13.3. The third kappa shape index (κ3) is 2.39. The van der Waals surface area contributed by atoms with Crippen LogP contribution in [0.25, 0.3) is 0 Å². The fourth-order valence-electron chi connectivity index (χ4n) is 1.77. The largest absolute Gasteiger partial charge is 0.332 e. The molecule has 1 aliphatic carbocycles. The van der Waals surface area contributed by atoms with Crippen molar-refractivity contribution in [2.45, 2.75) is 18.9 Å². The first-order valence-electron chi connectivity index (χ1n) is 5.61. The van der Waals surface area contributed by atoms with E-state index in [1.54, 1.807) is 6.08 Å². The van der Waals surface area contributed by atoms with Crippen molar-refractivity contribution in [1.82, 2.24) is 4.90 Å². The van der Waals surface area contributed by atoms with Gasteiger partial charge in [0.2, 0.25) is 0 Å². The summed E-state index contributed by atoms with van der Waals surface area (Å²) < 4.78 is 38.9. The van der Waals surface area contributed by atoms with Crippen molar-refractivity contribution in [3.63, 3.8) is 0 Å². The van der Waals surface area contributed by atoms with Gasteiger partial charge >= 0.3 is 0 Å². The molecule has 0 saturated heterocycles. The molecule has 0 atom stereocenters. The lowest BCUT2D eigenvalue weighted by atomic mass is 10.1. The minimum atomic E-state index is -1.56. The Bertz CT molecular complexity index is 474. The van der Waals surface area contributed by atoms with Gasteiger partial charge in [0, 0.05) is 18.2 Å². The highest BCUT2D eigenvalue weighted by Gasteiger charge is 2.32. The van der Waals surface area contributed by atoms with Gasteiger partial charge in [0.1, 0.15) is 0 Å². The van der Waals surface area contributed by atoms with Crippen LogP contribution < -0.4 is 0 Å². The van der Waals surface area contributed by atoms with Gasteiger partial charge in [-0.05, 0) is 25.0 Å². The van der Waals surface area contributed by atoms with Gasteiger partial charge in [-0.2, -0.15) is 0 Å². The predicted molar refractivity (Wildman–Crippen MR) is 60.6 cm³/mol. The maximum Gasteiger partial charge on any atom is 0.254 e. The van der Waals surface area contributed by atoms with Crippen LogP contribution in [-0.2, 0) is 0 Å². The number of rotatable bonds is 4. The van der Waals surface area contributed by atoms with E-state index in [1.807, 2.05) is 0 Å². The number of hydrogen-bond donors (Lipinski definition) is 0. The maximum absolute atomic E-state index is 13.1. The van der Waals surface area contributed by atoms with E-state index >= 15 is 0 Å². The van der Waals surface area contributed by atoms with Crippen molar-refractivity contribution in [1.29, 1.82) is 0 Å². The van der Waals surface area contributed by atoms with Crippen molar-refractivity contribution < 1.29 is 18.0 Å². The lowest BCUT2D eigenvalue weighted by Crippen LogP contribution is -2.33. The van der Waals surface area contributed by atoms with Gasteiger partial charge in [-0.15, -0.1) is 6.58 Å². The highest BCUT2D eigenvalue weighted by Crippen LogP contribution is 2.28. The SMILES string of the molecule is C=CCN(C(=O)c1cc(F)c(F)c(F)c1)C1CC1. The average Bonchev–Trinajstić information content (AvgIpc) is 3.15. The summed E-state index contributed by atoms with van der Waals surface area (Å²) in [6, 6.07) is 1.53. The molecule has 96 valence electrons. The number of hydrogen-bond acceptors (Lipinski definition) is 1. The average molecular weight is 255 g/mol. The molecule has 18 heavy (non-hydrogen) atoms. The summed E-state index contributed by atoms with van der Waals surface area (Å²) in [5, 5.41) is 0. The predicted octanol–water partition coefficient (Wildman–Crippen LogP) is 2.89. The highest BCUT2D eigenvalue weighted by atomic mass is 19.2. The Morgan fingerprint density at radius 2 is 1.89 bits per heavy atom. The van der Waals surface area contributed by atoms with Crippen molar-refractivity contribution in [2.24, 2.45) is 0 Å². The molecule has 0 spiro atoms. The molecule has 0 radical (unpaired) electrons. The molecule has 0 aromatic heterocycles. The van der Waals surface area contributed by atoms with Crippen LogP contribution in [-0.4, -0.2) is 23.4 Å². The summed E-state index contributed by atoms with van der Waals surface area (Å²) >= 11 is 0. The van der Waals surface area contributed by atoms with E-state index in [-0.39, 0.29) is 11.6 Å². The number of carbonyl (C=O) groups is 1. The molecule has 5 heteroatoms. The molecule has 1 aliphatic rings. The van der Waals surface area contributed by atoms with E-state index in [0.29, 0.717) is 6.54 Å². The van der Waals surface area contributed by atoms with E-state index in [0.717, 1.165) is 25.0 Å². The fraction of sp³-hybridized carbons (Fsp3) is 0.308. The first kappa shape index (κ1) is 12.7. The Labute approximate surface area is 103 Å². The van der Waals surface area contributed by atoms with Gasteiger partial charge in [-0.1, -0.05) is 6.08 Å². The Hall–Kier alpha value is -1.78. The smallest absolute Gasteiger partial charge is 0.254 e. The number of benzene rings is 1. The molecule has 1 amide bonds. The first-order chi connectivity index (χ1) is 8.54. The zero-order valence-corrected chi connectivity index (χ0v) is 9.63. The zero-order valence-electron chi connectivity index (χ0n) is 9.63. The Balaban J connectivity index is 2.29. The van der Waals surface area contributed by atoms with Crippen LogP contribution in [0, 0.1) is 17.5 Å². The van der Waals surface area contributed by atoms with E-state index in [9.17, 15) is 18.0 Å². The van der Waals surface area contributed by atoms with Crippen LogP contribution in [0.15, 0.2) is 24.8 Å². The molecule has 2 nitrogen and oxygen atoms in total. The van der Waals surface area contributed by atoms with Crippen LogP contribution in [0.3, 0.4) is 0 Å². The lowest BCUT2D eigenvalue weighted by molar-refractivity contribution is 0.0761. The monoisotopic (exact) mass is 255 g/mol. The Morgan fingerprint density at radius 1 is 1.33 bits per heavy atom. The van der Waals surface area contributed by atoms with Gasteiger partial charge in [-0.25, -0.2) is 13.2 Å². The van der Waals surface area contributed by atoms with Crippen LogP contribution in [0.1, 0.15) is 23.2 Å². The van der Waals surface area contributed by atoms with E-state index in [2.05, 4.69) is 6.58 Å². The number of nitrogens with zero attached hydrogens (tertiary/aromatic N) is 1. The topological polar surface area (TPSA) is 20.3 Å². The minimum Gasteiger partial charge on any atom is -0.332 e. The third-order valence-electron chi connectivity index (χ3n) is 2.81. The summed E-state index contributed by atoms with van der Waals surface area (Å²) in [7, 11) is 0. The molecule has 1 fully saturated rings. The molecule has 0 unspecified atom stereocenters. The molecule has 2 rings (SSSR count). The van der Waals surface area contributed by atoms with Gasteiger partial charge in [-0.3, -0.25) is 4.79 Å². The molecular formula is C13H12F3NO. The van der Waals surface area contributed by atoms with Crippen LogP contribution in [0.2, 0.25) is 0 Å². The summed E-state index contributed by atoms with van der Waals surface area (Å²) in [4.78, 5) is 13.5. The fourth-order valence-corrected chi connectivity index (χ4v) is 1.77. The summed E-state index contributed by atoms with van der Waals surface area (Å²) in [5.74, 6) is -4.77. The summed E-state index contributed by atoms with van der Waals surface area (Å²) in [6.45, 7) is 3.84. The van der Waals surface area contributed by atoms with Crippen molar-refractivity contribution >= 4 is 5.91 Å². The molecule has 0 aliphatic heterocycles. The van der Waals surface area contributed by atoms with Gasteiger partial charge in [0.05, 0.1) is 0 Å². The van der Waals surface area contributed by atoms with Gasteiger partial charge in [0.25, 0.3) is 5.91 Å². The minimum absolute atomic E-state index is 0.0895. The molecule has 0 heterocycles. The number of carbonyl (C=O) groups excluding carboxylic acids is 1. The van der Waals surface area contributed by atoms with E-state index in [1.165, 1.54) is 4.90 Å². The molecule has 0 bridgehead atoms. The maximum atomic E-state index is 13.1. The second-order valence-electron chi connectivity index (χ2n) is 4.23. The lowest BCUT2D eigenvalue weighted by Gasteiger charge is -2.20. The molecule has 0 N–H and O–H groups in total. The second kappa shape index (κ2) is 4.84. The van der Waals surface area contributed by atoms with Crippen molar-refractivity contribution in [3.05, 3.63) is 47.8 Å². The van der Waals surface area contributed by atoms with Crippen molar-refractivity contribution in [2.75, 3.05) is 6.54 Å². The van der Waals surface area contributed by atoms with E-state index in [4.69, 9.17) is 0 Å². The first-order valence-corrected chi connectivity index (χ1v) is 5.61. The highest BCUT2D eigenvalue weighted by molar-refractivity contribution is 5.94. The summed E-state index contributed by atoms with van der Waals surface area (Å²) in [5.41, 5.74) is -0.180. The standard InChI is InChI=1S/C13H12F3NO/c1-2-5-17(9-3-4-9)13(18)8-6-10(14)12(16)11(15)7-8/h2,6-7,9H,1,3-5H2. The third-order valence-corrected chi connectivity index (χ3v) is 2.81.